The Hall–Kier alpha value is -2.35. The Kier molecular flexibility index (Phi) is 2.71. The van der Waals surface area contributed by atoms with Crippen molar-refractivity contribution in [2.24, 2.45) is 0 Å². The molecule has 0 saturated heterocycles. The molecule has 1 N–H and O–H groups in total. The fraction of sp³-hybridized carbons (Fsp3) is 0.118. The average Bonchev–Trinajstić information content (AvgIpc) is 2.89. The number of hydrogen-bond acceptors (Lipinski definition) is 1. The summed E-state index contributed by atoms with van der Waals surface area (Å²) in [6.45, 7) is 8.01. The highest BCUT2D eigenvalue weighted by molar-refractivity contribution is 5.97. The Bertz CT molecular complexity index is 766. The number of aryl methyl sites for hydroxylation is 1. The minimum Gasteiger partial charge on any atom is -0.338 e. The molecule has 0 fully saturated rings. The van der Waals surface area contributed by atoms with Gasteiger partial charge in [-0.05, 0) is 35.8 Å². The van der Waals surface area contributed by atoms with Crippen LogP contribution >= 0.6 is 0 Å². The third kappa shape index (κ3) is 1.95. The first-order valence-electron chi connectivity index (χ1n) is 6.36. The fourth-order valence-corrected chi connectivity index (χ4v) is 2.36. The maximum atomic E-state index is 4.37. The van der Waals surface area contributed by atoms with Gasteiger partial charge in [-0.3, -0.25) is 0 Å². The molecule has 19 heavy (non-hydrogen) atoms. The number of fused-ring (bicyclic) bond motifs is 1. The van der Waals surface area contributed by atoms with Crippen molar-refractivity contribution in [3.63, 3.8) is 0 Å². The van der Waals surface area contributed by atoms with Crippen LogP contribution in [-0.4, -0.2) is 9.97 Å². The minimum absolute atomic E-state index is 0.847. The normalized spacial score (nSPS) is 10.8. The number of rotatable bonds is 2. The van der Waals surface area contributed by atoms with E-state index in [9.17, 15) is 0 Å². The van der Waals surface area contributed by atoms with E-state index in [1.807, 2.05) is 13.1 Å². The molecule has 0 unspecified atom stereocenters. The van der Waals surface area contributed by atoms with Gasteiger partial charge in [-0.25, -0.2) is 4.98 Å². The van der Waals surface area contributed by atoms with Crippen molar-refractivity contribution in [2.75, 3.05) is 0 Å². The van der Waals surface area contributed by atoms with E-state index < -0.39 is 0 Å². The van der Waals surface area contributed by atoms with E-state index in [4.69, 9.17) is 0 Å². The lowest BCUT2D eigenvalue weighted by atomic mass is 9.99. The first-order chi connectivity index (χ1) is 9.16. The van der Waals surface area contributed by atoms with Gasteiger partial charge in [0.2, 0.25) is 0 Å². The quantitative estimate of drug-likeness (QED) is 0.707. The van der Waals surface area contributed by atoms with Crippen LogP contribution in [0.5, 0.6) is 0 Å². The zero-order valence-electron chi connectivity index (χ0n) is 11.2. The van der Waals surface area contributed by atoms with Gasteiger partial charge in [-0.1, -0.05) is 43.0 Å². The standard InChI is InChI=1S/C17H16N2/c1-11(2)17-18-10-16(19-17)15-9-8-12(3)13-6-4-5-7-14(13)15/h4-10H,1H2,2-3H3,(H,18,19). The van der Waals surface area contributed by atoms with Crippen molar-refractivity contribution in [1.82, 2.24) is 9.97 Å². The summed E-state index contributed by atoms with van der Waals surface area (Å²) in [5.74, 6) is 0.847. The topological polar surface area (TPSA) is 28.7 Å². The molecule has 3 aromatic rings. The Balaban J connectivity index is 2.24. The van der Waals surface area contributed by atoms with Crippen LogP contribution in [0.3, 0.4) is 0 Å². The zero-order valence-corrected chi connectivity index (χ0v) is 11.2. The molecule has 3 rings (SSSR count). The van der Waals surface area contributed by atoms with Gasteiger partial charge in [-0.15, -0.1) is 0 Å². The van der Waals surface area contributed by atoms with Crippen LogP contribution in [0.4, 0.5) is 0 Å². The first kappa shape index (κ1) is 11.7. The highest BCUT2D eigenvalue weighted by Gasteiger charge is 2.08. The van der Waals surface area contributed by atoms with Crippen LogP contribution in [-0.2, 0) is 0 Å². The molecule has 0 saturated carbocycles. The molecule has 0 radical (unpaired) electrons. The summed E-state index contributed by atoms with van der Waals surface area (Å²) in [5.41, 5.74) is 4.46. The molecule has 0 amide bonds. The van der Waals surface area contributed by atoms with Crippen molar-refractivity contribution < 1.29 is 0 Å². The van der Waals surface area contributed by atoms with E-state index >= 15 is 0 Å². The maximum absolute atomic E-state index is 4.37. The van der Waals surface area contributed by atoms with Gasteiger partial charge >= 0.3 is 0 Å². The van der Waals surface area contributed by atoms with Gasteiger partial charge in [0.15, 0.2) is 0 Å². The summed E-state index contributed by atoms with van der Waals surface area (Å²) in [5, 5.41) is 2.53. The minimum atomic E-state index is 0.847. The molecule has 1 aromatic heterocycles. The Morgan fingerprint density at radius 2 is 1.84 bits per heavy atom. The highest BCUT2D eigenvalue weighted by Crippen LogP contribution is 2.29. The number of imidazole rings is 1. The Morgan fingerprint density at radius 1 is 1.11 bits per heavy atom. The molecule has 1 heterocycles. The molecule has 0 aliphatic rings. The van der Waals surface area contributed by atoms with Crippen LogP contribution in [0.1, 0.15) is 18.3 Å². The van der Waals surface area contributed by atoms with Crippen molar-refractivity contribution in [3.05, 3.63) is 60.6 Å². The van der Waals surface area contributed by atoms with E-state index in [0.29, 0.717) is 0 Å². The summed E-state index contributed by atoms with van der Waals surface area (Å²) >= 11 is 0. The summed E-state index contributed by atoms with van der Waals surface area (Å²) in [6, 6.07) is 12.8. The van der Waals surface area contributed by atoms with Crippen LogP contribution < -0.4 is 0 Å². The summed E-state index contributed by atoms with van der Waals surface area (Å²) < 4.78 is 0. The Morgan fingerprint density at radius 3 is 2.53 bits per heavy atom. The first-order valence-corrected chi connectivity index (χ1v) is 6.36. The third-order valence-electron chi connectivity index (χ3n) is 3.41. The lowest BCUT2D eigenvalue weighted by molar-refractivity contribution is 1.23. The largest absolute Gasteiger partial charge is 0.338 e. The molecule has 2 aromatic carbocycles. The monoisotopic (exact) mass is 248 g/mol. The number of H-pyrrole nitrogens is 1. The second-order valence-corrected chi connectivity index (χ2v) is 4.90. The van der Waals surface area contributed by atoms with Gasteiger partial charge in [0.05, 0.1) is 11.9 Å². The van der Waals surface area contributed by atoms with Gasteiger partial charge in [0, 0.05) is 5.56 Å². The van der Waals surface area contributed by atoms with E-state index in [2.05, 4.69) is 59.9 Å². The van der Waals surface area contributed by atoms with Gasteiger partial charge < -0.3 is 4.98 Å². The van der Waals surface area contributed by atoms with Gasteiger partial charge in [0.1, 0.15) is 5.82 Å². The molecule has 0 atom stereocenters. The summed E-state index contributed by atoms with van der Waals surface area (Å²) in [6.07, 6.45) is 1.88. The molecule has 0 aliphatic heterocycles. The van der Waals surface area contributed by atoms with Crippen LogP contribution in [0.25, 0.3) is 27.6 Å². The summed E-state index contributed by atoms with van der Waals surface area (Å²) in [7, 11) is 0. The maximum Gasteiger partial charge on any atom is 0.132 e. The number of aromatic nitrogens is 2. The molecular formula is C17H16N2. The molecule has 2 heteroatoms. The van der Waals surface area contributed by atoms with Crippen LogP contribution in [0, 0.1) is 6.92 Å². The van der Waals surface area contributed by atoms with Crippen molar-refractivity contribution >= 4 is 16.3 Å². The predicted octanol–water partition coefficient (Wildman–Crippen LogP) is 4.57. The molecule has 0 aliphatic carbocycles. The van der Waals surface area contributed by atoms with Gasteiger partial charge in [0.25, 0.3) is 0 Å². The number of nitrogens with zero attached hydrogens (tertiary/aromatic N) is 1. The number of benzene rings is 2. The van der Waals surface area contributed by atoms with E-state index in [1.165, 1.54) is 21.9 Å². The van der Waals surface area contributed by atoms with Crippen molar-refractivity contribution in [3.8, 4) is 11.3 Å². The fourth-order valence-electron chi connectivity index (χ4n) is 2.36. The molecular weight excluding hydrogens is 232 g/mol. The second-order valence-electron chi connectivity index (χ2n) is 4.90. The SMILES string of the molecule is C=C(C)c1ncc(-c2ccc(C)c3ccccc23)[nH]1. The molecule has 0 bridgehead atoms. The molecule has 94 valence electrons. The number of allylic oxidation sites excluding steroid dienone is 1. The lowest BCUT2D eigenvalue weighted by Crippen LogP contribution is -1.85. The Labute approximate surface area is 112 Å². The average molecular weight is 248 g/mol. The van der Waals surface area contributed by atoms with Crippen molar-refractivity contribution in [1.29, 1.82) is 0 Å². The lowest BCUT2D eigenvalue weighted by Gasteiger charge is -2.07. The zero-order chi connectivity index (χ0) is 13.4. The predicted molar refractivity (Wildman–Crippen MR) is 81.0 cm³/mol. The van der Waals surface area contributed by atoms with Crippen molar-refractivity contribution in [2.45, 2.75) is 13.8 Å². The molecule has 2 nitrogen and oxygen atoms in total. The van der Waals surface area contributed by atoms with E-state index in [-0.39, 0.29) is 0 Å². The van der Waals surface area contributed by atoms with Crippen LogP contribution in [0.2, 0.25) is 0 Å². The van der Waals surface area contributed by atoms with Gasteiger partial charge in [-0.2, -0.15) is 0 Å². The van der Waals surface area contributed by atoms with E-state index in [0.717, 1.165) is 17.1 Å². The second kappa shape index (κ2) is 4.39. The van der Waals surface area contributed by atoms with Crippen LogP contribution in [0.15, 0.2) is 49.2 Å². The number of hydrogen-bond donors (Lipinski definition) is 1. The highest BCUT2D eigenvalue weighted by atomic mass is 14.9. The number of aromatic amines is 1. The van der Waals surface area contributed by atoms with E-state index in [1.54, 1.807) is 0 Å². The molecule has 0 spiro atoms. The smallest absolute Gasteiger partial charge is 0.132 e. The number of nitrogens with one attached hydrogen (secondary N) is 1. The third-order valence-corrected chi connectivity index (χ3v) is 3.41. The summed E-state index contributed by atoms with van der Waals surface area (Å²) in [4.78, 5) is 7.70.